The molecule has 0 unspecified atom stereocenters. The van der Waals surface area contributed by atoms with Gasteiger partial charge in [-0.15, -0.1) is 0 Å². The first-order valence-corrected chi connectivity index (χ1v) is 17.4. The number of hydrogen-bond donors (Lipinski definition) is 1. The Balaban J connectivity index is 1.28. The lowest BCUT2D eigenvalue weighted by Crippen LogP contribution is -2.66. The van der Waals surface area contributed by atoms with Gasteiger partial charge in [-0.2, -0.15) is 0 Å². The maximum atomic E-state index is 13.4. The molecule has 242 valence electrons. The van der Waals surface area contributed by atoms with Gasteiger partial charge in [-0.05, 0) is 141 Å². The summed E-state index contributed by atoms with van der Waals surface area (Å²) < 4.78 is 11.4. The van der Waals surface area contributed by atoms with Crippen LogP contribution in [-0.2, 0) is 9.53 Å². The average molecular weight is 605 g/mol. The molecule has 0 aromatic heterocycles. The Morgan fingerprint density at radius 2 is 1.64 bits per heavy atom. The lowest BCUT2D eigenvalue weighted by atomic mass is 9.32. The van der Waals surface area contributed by atoms with E-state index in [1.54, 1.807) is 24.3 Å². The van der Waals surface area contributed by atoms with E-state index >= 15 is 0 Å². The summed E-state index contributed by atoms with van der Waals surface area (Å²) in [5.41, 5.74) is 2.38. The number of carbonyl (C=O) groups is 2. The van der Waals surface area contributed by atoms with Gasteiger partial charge in [0.25, 0.3) is 0 Å². The lowest BCUT2D eigenvalue weighted by Gasteiger charge is -2.73. The third-order valence-corrected chi connectivity index (χ3v) is 15.0. The number of rotatable bonds is 5. The van der Waals surface area contributed by atoms with Crippen LogP contribution >= 0.6 is 0 Å². The van der Waals surface area contributed by atoms with Gasteiger partial charge in [-0.1, -0.05) is 52.8 Å². The number of aliphatic hydroxyl groups excluding tert-OH is 1. The monoisotopic (exact) mass is 604 g/mol. The van der Waals surface area contributed by atoms with E-state index < -0.39 is 5.97 Å². The number of benzene rings is 1. The SMILES string of the molecule is C=C(C)[C@@H]1CC[C@]2(COC(=O)c3cccc(OC(C)=O)c3)CC[C@]3(C)[C@H](CC[C@@H]4[C@@]5(C)CC[C@H](O)C(C)(C)[C@@H]5CC[C@]43C)[C@H]12. The summed E-state index contributed by atoms with van der Waals surface area (Å²) in [6, 6.07) is 6.76. The molecule has 5 heteroatoms. The molecule has 5 fully saturated rings. The molecule has 10 atom stereocenters. The number of ether oxygens (including phenoxy) is 2. The van der Waals surface area contributed by atoms with Crippen LogP contribution in [0.4, 0.5) is 0 Å². The molecule has 0 radical (unpaired) electrons. The zero-order valence-electron chi connectivity index (χ0n) is 28.3. The highest BCUT2D eigenvalue weighted by Crippen LogP contribution is 2.77. The van der Waals surface area contributed by atoms with Crippen molar-refractivity contribution in [3.05, 3.63) is 42.0 Å². The normalized spacial score (nSPS) is 43.9. The molecule has 5 saturated carbocycles. The molecule has 5 nitrogen and oxygen atoms in total. The molecule has 1 aromatic rings. The van der Waals surface area contributed by atoms with Crippen molar-refractivity contribution in [2.24, 2.45) is 56.7 Å². The number of allylic oxidation sites excluding steroid dienone is 1. The number of carbonyl (C=O) groups excluding carboxylic acids is 2. The van der Waals surface area contributed by atoms with E-state index in [0.717, 1.165) is 32.1 Å². The van der Waals surface area contributed by atoms with Gasteiger partial charge in [-0.25, -0.2) is 4.79 Å². The Hall–Kier alpha value is -2.14. The first-order valence-electron chi connectivity index (χ1n) is 17.4. The quantitative estimate of drug-likeness (QED) is 0.207. The van der Waals surface area contributed by atoms with Gasteiger partial charge in [-0.3, -0.25) is 4.79 Å². The van der Waals surface area contributed by atoms with Gasteiger partial charge in [0.2, 0.25) is 0 Å². The first kappa shape index (κ1) is 31.8. The van der Waals surface area contributed by atoms with Crippen molar-refractivity contribution in [1.29, 1.82) is 0 Å². The molecular formula is C39H56O5. The van der Waals surface area contributed by atoms with Crippen molar-refractivity contribution in [3.8, 4) is 5.75 Å². The van der Waals surface area contributed by atoms with Crippen molar-refractivity contribution in [1.82, 2.24) is 0 Å². The minimum Gasteiger partial charge on any atom is -0.461 e. The maximum absolute atomic E-state index is 13.4. The number of fused-ring (bicyclic) bond motifs is 7. The van der Waals surface area contributed by atoms with E-state index in [9.17, 15) is 14.7 Å². The van der Waals surface area contributed by atoms with Gasteiger partial charge in [0.15, 0.2) is 0 Å². The number of aliphatic hydroxyl groups is 1. The summed E-state index contributed by atoms with van der Waals surface area (Å²) in [5.74, 6) is 2.35. The Labute approximate surface area is 265 Å². The van der Waals surface area contributed by atoms with Crippen LogP contribution in [0.25, 0.3) is 0 Å². The van der Waals surface area contributed by atoms with E-state index in [4.69, 9.17) is 9.47 Å². The van der Waals surface area contributed by atoms with E-state index in [1.807, 2.05) is 0 Å². The Bertz CT molecular complexity index is 1330. The second kappa shape index (κ2) is 10.7. The van der Waals surface area contributed by atoms with Crippen LogP contribution in [-0.4, -0.2) is 29.8 Å². The fourth-order valence-corrected chi connectivity index (χ4v) is 12.7. The smallest absolute Gasteiger partial charge is 0.338 e. The minimum absolute atomic E-state index is 0.0296. The summed E-state index contributed by atoms with van der Waals surface area (Å²) >= 11 is 0. The molecule has 0 saturated heterocycles. The standard InChI is InChI=1S/C39H56O5/c1-24(2)28-14-19-39(23-43-34(42)26-10-9-11-27(22-26)44-25(3)40)21-20-37(7)29(33(28)39)12-13-31-36(6)17-16-32(41)35(4,5)30(36)15-18-38(31,37)8/h9-11,22,28-33,41H,1,12-21,23H2,2-8H3/t28-,29+,30-,31+,32-,33-,36-,37+,38+,39+/m0/s1. The highest BCUT2D eigenvalue weighted by molar-refractivity contribution is 5.90. The summed E-state index contributed by atoms with van der Waals surface area (Å²) in [6.45, 7) is 21.1. The second-order valence-electron chi connectivity index (χ2n) is 17.1. The summed E-state index contributed by atoms with van der Waals surface area (Å²) in [4.78, 5) is 24.8. The average Bonchev–Trinajstić information content (AvgIpc) is 3.34. The molecular weight excluding hydrogens is 548 g/mol. The molecule has 44 heavy (non-hydrogen) atoms. The van der Waals surface area contributed by atoms with E-state index in [2.05, 4.69) is 48.1 Å². The van der Waals surface area contributed by atoms with Gasteiger partial charge < -0.3 is 14.6 Å². The van der Waals surface area contributed by atoms with Crippen LogP contribution in [0.3, 0.4) is 0 Å². The molecule has 0 heterocycles. The van der Waals surface area contributed by atoms with E-state index in [-0.39, 0.29) is 39.1 Å². The zero-order chi connectivity index (χ0) is 31.9. The molecule has 0 bridgehead atoms. The topological polar surface area (TPSA) is 72.8 Å². The second-order valence-corrected chi connectivity index (χ2v) is 17.1. The van der Waals surface area contributed by atoms with Crippen LogP contribution in [0, 0.1) is 56.7 Å². The minimum atomic E-state index is -0.407. The van der Waals surface area contributed by atoms with Crippen LogP contribution in [0.15, 0.2) is 36.4 Å². The summed E-state index contributed by atoms with van der Waals surface area (Å²) in [7, 11) is 0. The zero-order valence-corrected chi connectivity index (χ0v) is 28.3. The van der Waals surface area contributed by atoms with Crippen molar-refractivity contribution >= 4 is 11.9 Å². The first-order chi connectivity index (χ1) is 20.6. The Morgan fingerprint density at radius 1 is 0.886 bits per heavy atom. The highest BCUT2D eigenvalue weighted by Gasteiger charge is 2.71. The van der Waals surface area contributed by atoms with Crippen molar-refractivity contribution in [2.75, 3.05) is 6.61 Å². The fraction of sp³-hybridized carbons (Fsp3) is 0.744. The van der Waals surface area contributed by atoms with Gasteiger partial charge in [0, 0.05) is 12.3 Å². The largest absolute Gasteiger partial charge is 0.461 e. The molecule has 0 aliphatic heterocycles. The van der Waals surface area contributed by atoms with Crippen molar-refractivity contribution in [2.45, 2.75) is 119 Å². The highest BCUT2D eigenvalue weighted by atomic mass is 16.5. The summed E-state index contributed by atoms with van der Waals surface area (Å²) in [6.07, 6.45) is 11.3. The molecule has 1 N–H and O–H groups in total. The fourth-order valence-electron chi connectivity index (χ4n) is 12.7. The maximum Gasteiger partial charge on any atom is 0.338 e. The third-order valence-electron chi connectivity index (χ3n) is 15.0. The third kappa shape index (κ3) is 4.56. The van der Waals surface area contributed by atoms with Crippen LogP contribution in [0.2, 0.25) is 0 Å². The number of hydrogen-bond acceptors (Lipinski definition) is 5. The predicted molar refractivity (Wildman–Crippen MR) is 173 cm³/mol. The van der Waals surface area contributed by atoms with Crippen LogP contribution in [0.1, 0.15) is 123 Å². The summed E-state index contributed by atoms with van der Waals surface area (Å²) in [5, 5.41) is 11.0. The molecule has 0 amide bonds. The van der Waals surface area contributed by atoms with Crippen molar-refractivity contribution < 1.29 is 24.2 Å². The molecule has 1 aromatic carbocycles. The van der Waals surface area contributed by atoms with Crippen LogP contribution < -0.4 is 4.74 Å². The Morgan fingerprint density at radius 3 is 2.34 bits per heavy atom. The van der Waals surface area contributed by atoms with Crippen molar-refractivity contribution in [3.63, 3.8) is 0 Å². The Kier molecular flexibility index (Phi) is 7.75. The van der Waals surface area contributed by atoms with Gasteiger partial charge in [0.1, 0.15) is 5.75 Å². The molecule has 5 aliphatic carbocycles. The lowest BCUT2D eigenvalue weighted by molar-refractivity contribution is -0.249. The number of esters is 2. The molecule has 0 spiro atoms. The van der Waals surface area contributed by atoms with E-state index in [1.165, 1.54) is 44.6 Å². The van der Waals surface area contributed by atoms with Gasteiger partial charge >= 0.3 is 11.9 Å². The molecule has 6 rings (SSSR count). The predicted octanol–water partition coefficient (Wildman–Crippen LogP) is 8.79. The van der Waals surface area contributed by atoms with Crippen LogP contribution in [0.5, 0.6) is 5.75 Å². The van der Waals surface area contributed by atoms with Gasteiger partial charge in [0.05, 0.1) is 18.3 Å². The van der Waals surface area contributed by atoms with E-state index in [0.29, 0.717) is 47.5 Å². The molecule has 5 aliphatic rings.